The van der Waals surface area contributed by atoms with Crippen LogP contribution in [-0.2, 0) is 19.6 Å². The van der Waals surface area contributed by atoms with Crippen LogP contribution in [0.4, 0.5) is 5.69 Å². The van der Waals surface area contributed by atoms with Crippen LogP contribution in [0, 0.1) is 11.8 Å². The summed E-state index contributed by atoms with van der Waals surface area (Å²) in [6, 6.07) is 9.61. The molecule has 0 aromatic heterocycles. The third-order valence-electron chi connectivity index (χ3n) is 7.09. The molecule has 1 N–H and O–H groups in total. The minimum Gasteiger partial charge on any atom is -0.486 e. The number of carbonyl (C=O) groups is 2. The van der Waals surface area contributed by atoms with E-state index >= 15 is 0 Å². The van der Waals surface area contributed by atoms with Gasteiger partial charge >= 0.3 is 0 Å². The van der Waals surface area contributed by atoms with E-state index < -0.39 is 15.9 Å². The van der Waals surface area contributed by atoms with Gasteiger partial charge in [-0.05, 0) is 61.1 Å². The van der Waals surface area contributed by atoms with Crippen LogP contribution in [0.25, 0.3) is 0 Å². The second-order valence-electron chi connectivity index (χ2n) is 10.4. The van der Waals surface area contributed by atoms with Crippen LogP contribution in [0.3, 0.4) is 0 Å². The summed E-state index contributed by atoms with van der Waals surface area (Å²) < 4.78 is 45.2. The molecule has 3 heterocycles. The number of anilines is 1. The first-order valence-corrected chi connectivity index (χ1v) is 14.3. The number of hydrogen-bond acceptors (Lipinski definition) is 7. The lowest BCUT2D eigenvalue weighted by atomic mass is 9.94. The molecule has 0 bridgehead atoms. The van der Waals surface area contributed by atoms with E-state index in [0.29, 0.717) is 43.6 Å². The SMILES string of the molecule is C[C@@H]1C[C@H](C)CN(S(=O)(=O)c2ccc3c(c2)N(CC(=O)N[C@@H](C)c2ccc4c(c2)OCCO4)C(=O)CO3)C1. The summed E-state index contributed by atoms with van der Waals surface area (Å²) in [5.41, 5.74) is 1.09. The van der Waals surface area contributed by atoms with E-state index in [4.69, 9.17) is 14.2 Å². The van der Waals surface area contributed by atoms with Crippen molar-refractivity contribution < 1.29 is 32.2 Å². The monoisotopic (exact) mass is 543 g/mol. The maximum atomic E-state index is 13.5. The van der Waals surface area contributed by atoms with Crippen molar-refractivity contribution in [2.75, 3.05) is 44.4 Å². The Morgan fingerprint density at radius 1 is 1.00 bits per heavy atom. The van der Waals surface area contributed by atoms with Crippen molar-refractivity contribution in [3.63, 3.8) is 0 Å². The fraction of sp³-hybridized carbons (Fsp3) is 0.481. The maximum absolute atomic E-state index is 13.5. The number of nitrogens with zero attached hydrogens (tertiary/aromatic N) is 2. The fourth-order valence-electron chi connectivity index (χ4n) is 5.31. The van der Waals surface area contributed by atoms with Gasteiger partial charge in [-0.3, -0.25) is 14.5 Å². The van der Waals surface area contributed by atoms with Gasteiger partial charge in [-0.15, -0.1) is 0 Å². The first-order chi connectivity index (χ1) is 18.1. The van der Waals surface area contributed by atoms with Gasteiger partial charge in [-0.2, -0.15) is 4.31 Å². The molecule has 0 aliphatic carbocycles. The Labute approximate surface area is 222 Å². The number of piperidine rings is 1. The van der Waals surface area contributed by atoms with E-state index in [1.807, 2.05) is 32.9 Å². The van der Waals surface area contributed by atoms with Crippen LogP contribution in [0.15, 0.2) is 41.3 Å². The minimum absolute atomic E-state index is 0.0749. The molecule has 38 heavy (non-hydrogen) atoms. The lowest BCUT2D eigenvalue weighted by molar-refractivity contribution is -0.125. The molecule has 1 fully saturated rings. The molecular formula is C27H33N3O7S. The predicted molar refractivity (Wildman–Crippen MR) is 140 cm³/mol. The lowest BCUT2D eigenvalue weighted by Crippen LogP contribution is -2.46. The zero-order valence-corrected chi connectivity index (χ0v) is 22.6. The van der Waals surface area contributed by atoms with Crippen LogP contribution >= 0.6 is 0 Å². The molecule has 204 valence electrons. The molecule has 3 aliphatic rings. The average molecular weight is 544 g/mol. The number of rotatable bonds is 6. The Morgan fingerprint density at radius 2 is 1.68 bits per heavy atom. The van der Waals surface area contributed by atoms with Crippen molar-refractivity contribution in [2.24, 2.45) is 11.8 Å². The molecule has 2 aromatic carbocycles. The standard InChI is InChI=1S/C27H33N3O7S/c1-17-10-18(2)14-29(13-17)38(33,34)21-5-7-23-22(12-21)30(27(32)16-37-23)15-26(31)28-19(3)20-4-6-24-25(11-20)36-9-8-35-24/h4-7,11-12,17-19H,8-10,13-16H2,1-3H3,(H,28,31)/t17-,18+,19-/m0/s1. The number of nitrogens with one attached hydrogen (secondary N) is 1. The van der Waals surface area contributed by atoms with Crippen molar-refractivity contribution in [1.29, 1.82) is 0 Å². The van der Waals surface area contributed by atoms with Crippen molar-refractivity contribution in [1.82, 2.24) is 9.62 Å². The van der Waals surface area contributed by atoms with Crippen LogP contribution < -0.4 is 24.4 Å². The average Bonchev–Trinajstić information content (AvgIpc) is 2.89. The molecule has 2 amide bonds. The number of fused-ring (bicyclic) bond motifs is 2. The highest BCUT2D eigenvalue weighted by Crippen LogP contribution is 2.36. The van der Waals surface area contributed by atoms with Crippen LogP contribution in [0.5, 0.6) is 17.2 Å². The third kappa shape index (κ3) is 5.30. The van der Waals surface area contributed by atoms with Crippen LogP contribution in [0.2, 0.25) is 0 Å². The van der Waals surface area contributed by atoms with Gasteiger partial charge in [0.05, 0.1) is 16.6 Å². The van der Waals surface area contributed by atoms with E-state index in [1.165, 1.54) is 21.3 Å². The highest BCUT2D eigenvalue weighted by Gasteiger charge is 2.34. The van der Waals surface area contributed by atoms with Gasteiger partial charge in [0.2, 0.25) is 15.9 Å². The summed E-state index contributed by atoms with van der Waals surface area (Å²) in [7, 11) is -3.78. The number of ether oxygens (including phenoxy) is 3. The molecule has 0 spiro atoms. The molecule has 11 heteroatoms. The summed E-state index contributed by atoms with van der Waals surface area (Å²) in [4.78, 5) is 27.2. The van der Waals surface area contributed by atoms with E-state index in [2.05, 4.69) is 5.32 Å². The van der Waals surface area contributed by atoms with Gasteiger partial charge in [0, 0.05) is 13.1 Å². The summed E-state index contributed by atoms with van der Waals surface area (Å²) >= 11 is 0. The minimum atomic E-state index is -3.78. The number of carbonyl (C=O) groups excluding carboxylic acids is 2. The molecular weight excluding hydrogens is 510 g/mol. The van der Waals surface area contributed by atoms with Crippen molar-refractivity contribution in [3.05, 3.63) is 42.0 Å². The van der Waals surface area contributed by atoms with E-state index in [9.17, 15) is 18.0 Å². The van der Waals surface area contributed by atoms with Crippen LogP contribution in [-0.4, -0.2) is 64.0 Å². The molecule has 0 unspecified atom stereocenters. The van der Waals surface area contributed by atoms with Crippen LogP contribution in [0.1, 0.15) is 38.8 Å². The molecule has 3 atom stereocenters. The second-order valence-corrected chi connectivity index (χ2v) is 12.3. The molecule has 2 aromatic rings. The fourth-order valence-corrected chi connectivity index (χ4v) is 7.01. The van der Waals surface area contributed by atoms with Gasteiger partial charge in [0.25, 0.3) is 5.91 Å². The van der Waals surface area contributed by atoms with Crippen molar-refractivity contribution >= 4 is 27.5 Å². The molecule has 0 saturated carbocycles. The summed E-state index contributed by atoms with van der Waals surface area (Å²) in [5, 5.41) is 2.91. The first kappa shape index (κ1) is 26.3. The Balaban J connectivity index is 1.33. The van der Waals surface area contributed by atoms with Gasteiger partial charge in [0.1, 0.15) is 25.5 Å². The zero-order valence-electron chi connectivity index (χ0n) is 21.8. The summed E-state index contributed by atoms with van der Waals surface area (Å²) in [5.74, 6) is 1.35. The largest absolute Gasteiger partial charge is 0.486 e. The van der Waals surface area contributed by atoms with Gasteiger partial charge in [-0.1, -0.05) is 19.9 Å². The third-order valence-corrected chi connectivity index (χ3v) is 8.92. The number of amides is 2. The quantitative estimate of drug-likeness (QED) is 0.596. The zero-order chi connectivity index (χ0) is 27.0. The van der Waals surface area contributed by atoms with E-state index in [1.54, 1.807) is 12.1 Å². The molecule has 1 saturated heterocycles. The smallest absolute Gasteiger partial charge is 0.265 e. The number of hydrogen-bond donors (Lipinski definition) is 1. The number of benzene rings is 2. The highest BCUT2D eigenvalue weighted by molar-refractivity contribution is 7.89. The normalized spacial score (nSPS) is 22.3. The lowest BCUT2D eigenvalue weighted by Gasteiger charge is -2.34. The molecule has 10 nitrogen and oxygen atoms in total. The van der Waals surface area contributed by atoms with Crippen molar-refractivity contribution in [2.45, 2.75) is 38.1 Å². The van der Waals surface area contributed by atoms with E-state index in [-0.39, 0.29) is 47.5 Å². The highest BCUT2D eigenvalue weighted by atomic mass is 32.2. The first-order valence-electron chi connectivity index (χ1n) is 12.9. The second kappa shape index (κ2) is 10.5. The van der Waals surface area contributed by atoms with Crippen molar-refractivity contribution in [3.8, 4) is 17.2 Å². The molecule has 0 radical (unpaired) electrons. The molecule has 5 rings (SSSR count). The summed E-state index contributed by atoms with van der Waals surface area (Å²) in [6.45, 7) is 7.27. The topological polar surface area (TPSA) is 114 Å². The van der Waals surface area contributed by atoms with Gasteiger partial charge in [-0.25, -0.2) is 8.42 Å². The molecule has 3 aliphatic heterocycles. The Morgan fingerprint density at radius 3 is 2.42 bits per heavy atom. The van der Waals surface area contributed by atoms with Gasteiger partial charge in [0.15, 0.2) is 18.1 Å². The summed E-state index contributed by atoms with van der Waals surface area (Å²) in [6.07, 6.45) is 0.978. The van der Waals surface area contributed by atoms with Gasteiger partial charge < -0.3 is 19.5 Å². The van der Waals surface area contributed by atoms with E-state index in [0.717, 1.165) is 12.0 Å². The predicted octanol–water partition coefficient (Wildman–Crippen LogP) is 2.73. The number of sulfonamides is 1. The Kier molecular flexibility index (Phi) is 7.23. The Bertz CT molecular complexity index is 1340. The maximum Gasteiger partial charge on any atom is 0.265 e. The Hall–Kier alpha value is -3.31.